The highest BCUT2D eigenvalue weighted by Gasteiger charge is 2.25. The maximum atomic E-state index is 12.1. The minimum atomic E-state index is -0.552. The molecule has 138 valence electrons. The predicted molar refractivity (Wildman–Crippen MR) is 106 cm³/mol. The predicted octanol–water partition coefficient (Wildman–Crippen LogP) is 3.90. The van der Waals surface area contributed by atoms with Gasteiger partial charge in [-0.3, -0.25) is 5.84 Å². The van der Waals surface area contributed by atoms with Gasteiger partial charge in [0.25, 0.3) is 0 Å². The smallest absolute Gasteiger partial charge is 0.358 e. The lowest BCUT2D eigenvalue weighted by Gasteiger charge is -2.25. The van der Waals surface area contributed by atoms with E-state index in [1.165, 1.54) is 11.3 Å². The van der Waals surface area contributed by atoms with Crippen LogP contribution in [0.3, 0.4) is 0 Å². The molecule has 0 aliphatic heterocycles. The third-order valence-electron chi connectivity index (χ3n) is 3.82. The number of carbonyl (C=O) groups excluding carboxylic acids is 1. The number of thioether (sulfide) groups is 1. The fourth-order valence-corrected chi connectivity index (χ4v) is 4.20. The van der Waals surface area contributed by atoms with E-state index < -0.39 is 5.97 Å². The van der Waals surface area contributed by atoms with Crippen LogP contribution in [-0.2, 0) is 9.53 Å². The highest BCUT2D eigenvalue weighted by Crippen LogP contribution is 2.34. The number of carbonyl (C=O) groups is 1. The number of nitrogens with zero attached hydrogens (tertiary/aromatic N) is 1. The molecule has 1 aromatic carbocycles. The van der Waals surface area contributed by atoms with Gasteiger partial charge in [0.05, 0.1) is 15.7 Å². The summed E-state index contributed by atoms with van der Waals surface area (Å²) in [6.07, 6.45) is 2.75. The van der Waals surface area contributed by atoms with Gasteiger partial charge in [-0.15, -0.1) is 11.3 Å². The van der Waals surface area contributed by atoms with Gasteiger partial charge < -0.3 is 15.9 Å². The molecule has 0 spiro atoms. The van der Waals surface area contributed by atoms with Gasteiger partial charge in [-0.2, -0.15) is 0 Å². The summed E-state index contributed by atoms with van der Waals surface area (Å²) < 4.78 is 5.98. The van der Waals surface area contributed by atoms with Crippen molar-refractivity contribution in [2.24, 2.45) is 11.6 Å². The van der Waals surface area contributed by atoms with Gasteiger partial charge in [-0.25, -0.2) is 9.78 Å². The maximum Gasteiger partial charge on any atom is 0.358 e. The third-order valence-corrected chi connectivity index (χ3v) is 6.42. The standard InChI is InChI=1S/C16H16Cl2N4O2S2/c17-10-5-4-8(6-11(10)18)12-7-25-16(21-12)26-14(19)13(22-20)15(23)24-9-2-1-3-9/h4-7,9,22H,1-3,19-20H2/b14-13+. The summed E-state index contributed by atoms with van der Waals surface area (Å²) in [4.78, 5) is 16.6. The number of benzene rings is 1. The molecular weight excluding hydrogens is 415 g/mol. The second-order valence-electron chi connectivity index (χ2n) is 5.57. The molecule has 3 rings (SSSR count). The summed E-state index contributed by atoms with van der Waals surface area (Å²) >= 11 is 14.5. The van der Waals surface area contributed by atoms with E-state index in [2.05, 4.69) is 10.4 Å². The van der Waals surface area contributed by atoms with Gasteiger partial charge in [0.15, 0.2) is 10.0 Å². The largest absolute Gasteiger partial charge is 0.458 e. The number of nitrogens with two attached hydrogens (primary N) is 2. The number of hydrogen-bond acceptors (Lipinski definition) is 8. The molecule has 1 aliphatic rings. The van der Waals surface area contributed by atoms with Crippen molar-refractivity contribution >= 4 is 52.3 Å². The topological polar surface area (TPSA) is 103 Å². The number of hydrogen-bond donors (Lipinski definition) is 3. The Bertz CT molecular complexity index is 853. The Hall–Kier alpha value is -1.45. The minimum absolute atomic E-state index is 0.0354. The molecule has 1 saturated carbocycles. The summed E-state index contributed by atoms with van der Waals surface area (Å²) in [5.41, 5.74) is 9.96. The van der Waals surface area contributed by atoms with E-state index in [0.29, 0.717) is 14.4 Å². The quantitative estimate of drug-likeness (QED) is 0.210. The van der Waals surface area contributed by atoms with Gasteiger partial charge >= 0.3 is 5.97 Å². The van der Waals surface area contributed by atoms with Gasteiger partial charge in [-0.1, -0.05) is 29.3 Å². The van der Waals surface area contributed by atoms with Gasteiger partial charge in [0.2, 0.25) is 0 Å². The number of rotatable bonds is 6. The molecule has 5 N–H and O–H groups in total. The van der Waals surface area contributed by atoms with Crippen molar-refractivity contribution in [3.05, 3.63) is 44.4 Å². The van der Waals surface area contributed by atoms with E-state index in [9.17, 15) is 4.79 Å². The van der Waals surface area contributed by atoms with Crippen molar-refractivity contribution in [3.8, 4) is 11.3 Å². The van der Waals surface area contributed by atoms with E-state index in [-0.39, 0.29) is 16.8 Å². The van der Waals surface area contributed by atoms with Crippen LogP contribution in [0.1, 0.15) is 19.3 Å². The first-order valence-corrected chi connectivity index (χ1v) is 10.2. The Kier molecular flexibility index (Phi) is 6.31. The van der Waals surface area contributed by atoms with Crippen molar-refractivity contribution in [3.63, 3.8) is 0 Å². The van der Waals surface area contributed by atoms with Crippen LogP contribution >= 0.6 is 46.3 Å². The first kappa shape index (κ1) is 19.3. The number of esters is 1. The Labute approximate surface area is 168 Å². The molecule has 0 saturated heterocycles. The number of hydrazine groups is 1. The summed E-state index contributed by atoms with van der Waals surface area (Å²) in [5, 5.41) is 3.01. The number of halogens is 2. The molecule has 6 nitrogen and oxygen atoms in total. The molecule has 1 aliphatic carbocycles. The van der Waals surface area contributed by atoms with Gasteiger partial charge in [0.1, 0.15) is 11.1 Å². The Morgan fingerprint density at radius 2 is 2.12 bits per heavy atom. The first-order valence-electron chi connectivity index (χ1n) is 7.74. The lowest BCUT2D eigenvalue weighted by atomic mass is 9.96. The monoisotopic (exact) mass is 430 g/mol. The van der Waals surface area contributed by atoms with Crippen LogP contribution in [0.4, 0.5) is 0 Å². The van der Waals surface area contributed by atoms with E-state index >= 15 is 0 Å². The Morgan fingerprint density at radius 1 is 1.35 bits per heavy atom. The van der Waals surface area contributed by atoms with Crippen LogP contribution in [0, 0.1) is 0 Å². The molecule has 10 heteroatoms. The summed E-state index contributed by atoms with van der Waals surface area (Å²) in [7, 11) is 0. The van der Waals surface area contributed by atoms with Crippen LogP contribution in [0.15, 0.2) is 38.6 Å². The zero-order chi connectivity index (χ0) is 18.7. The number of ether oxygens (including phenoxy) is 1. The second kappa shape index (κ2) is 8.49. The van der Waals surface area contributed by atoms with Crippen LogP contribution in [0.25, 0.3) is 11.3 Å². The molecule has 0 amide bonds. The van der Waals surface area contributed by atoms with Crippen molar-refractivity contribution < 1.29 is 9.53 Å². The molecule has 1 heterocycles. The van der Waals surface area contributed by atoms with E-state index in [0.717, 1.165) is 42.3 Å². The van der Waals surface area contributed by atoms with Gasteiger partial charge in [-0.05, 0) is 43.2 Å². The zero-order valence-electron chi connectivity index (χ0n) is 13.5. The van der Waals surface area contributed by atoms with Crippen molar-refractivity contribution in [1.82, 2.24) is 10.4 Å². The van der Waals surface area contributed by atoms with Crippen LogP contribution in [0.5, 0.6) is 0 Å². The number of thiazole rings is 1. The molecule has 0 radical (unpaired) electrons. The first-order chi connectivity index (χ1) is 12.5. The molecular formula is C16H16Cl2N4O2S2. The van der Waals surface area contributed by atoms with Crippen LogP contribution in [0.2, 0.25) is 10.0 Å². The fourth-order valence-electron chi connectivity index (χ4n) is 2.17. The number of nitrogens with one attached hydrogen (secondary N) is 1. The molecule has 1 fully saturated rings. The van der Waals surface area contributed by atoms with Crippen molar-refractivity contribution in [2.45, 2.75) is 29.7 Å². The van der Waals surface area contributed by atoms with Crippen LogP contribution < -0.4 is 17.0 Å². The Morgan fingerprint density at radius 3 is 2.73 bits per heavy atom. The highest BCUT2D eigenvalue weighted by molar-refractivity contribution is 8.04. The maximum absolute atomic E-state index is 12.1. The van der Waals surface area contributed by atoms with Gasteiger partial charge in [0, 0.05) is 10.9 Å². The average molecular weight is 431 g/mol. The fraction of sp³-hybridized carbons (Fsp3) is 0.250. The van der Waals surface area contributed by atoms with Crippen molar-refractivity contribution in [2.75, 3.05) is 0 Å². The summed E-state index contributed by atoms with van der Waals surface area (Å²) in [6, 6.07) is 5.29. The van der Waals surface area contributed by atoms with E-state index in [1.54, 1.807) is 12.1 Å². The lowest BCUT2D eigenvalue weighted by molar-refractivity contribution is -0.148. The SMILES string of the molecule is NN/C(C(=O)OC1CCC1)=C(\N)Sc1nc(-c2ccc(Cl)c(Cl)c2)cs1. The number of aromatic nitrogens is 1. The normalized spacial score (nSPS) is 15.2. The summed E-state index contributed by atoms with van der Waals surface area (Å²) in [6.45, 7) is 0. The molecule has 2 aromatic rings. The van der Waals surface area contributed by atoms with E-state index in [4.69, 9.17) is 39.5 Å². The second-order valence-corrected chi connectivity index (χ2v) is 8.53. The molecule has 0 unspecified atom stereocenters. The molecule has 0 atom stereocenters. The minimum Gasteiger partial charge on any atom is -0.458 e. The van der Waals surface area contributed by atoms with E-state index in [1.807, 2.05) is 11.4 Å². The van der Waals surface area contributed by atoms with Crippen LogP contribution in [-0.4, -0.2) is 17.1 Å². The highest BCUT2D eigenvalue weighted by atomic mass is 35.5. The molecule has 1 aromatic heterocycles. The average Bonchev–Trinajstić information content (AvgIpc) is 3.02. The lowest BCUT2D eigenvalue weighted by Crippen LogP contribution is -2.34. The molecule has 0 bridgehead atoms. The summed E-state index contributed by atoms with van der Waals surface area (Å²) in [5.74, 6) is 4.89. The third kappa shape index (κ3) is 4.44. The molecule has 26 heavy (non-hydrogen) atoms. The van der Waals surface area contributed by atoms with Crippen molar-refractivity contribution in [1.29, 1.82) is 0 Å². The Balaban J connectivity index is 1.73. The zero-order valence-corrected chi connectivity index (χ0v) is 16.6.